The molecule has 20 heavy (non-hydrogen) atoms. The van der Waals surface area contributed by atoms with Gasteiger partial charge in [0.2, 0.25) is 0 Å². The highest BCUT2D eigenvalue weighted by Crippen LogP contribution is 2.23. The van der Waals surface area contributed by atoms with Crippen LogP contribution in [0.1, 0.15) is 24.1 Å². The molecule has 1 fully saturated rings. The number of aromatic nitrogens is 2. The third-order valence-corrected chi connectivity index (χ3v) is 4.09. The van der Waals surface area contributed by atoms with E-state index in [9.17, 15) is 0 Å². The Morgan fingerprint density at radius 2 is 1.90 bits per heavy atom. The molecule has 2 aromatic rings. The fourth-order valence-corrected chi connectivity index (χ4v) is 2.88. The summed E-state index contributed by atoms with van der Waals surface area (Å²) in [6.07, 6.45) is 2.13. The van der Waals surface area contributed by atoms with Gasteiger partial charge in [-0.3, -0.25) is 0 Å². The van der Waals surface area contributed by atoms with Crippen LogP contribution in [0.3, 0.4) is 0 Å². The molecule has 0 spiro atoms. The summed E-state index contributed by atoms with van der Waals surface area (Å²) in [4.78, 5) is 11.6. The molecule has 1 saturated heterocycles. The van der Waals surface area contributed by atoms with Gasteiger partial charge in [0.1, 0.15) is 5.82 Å². The number of fused-ring (bicyclic) bond motifs is 1. The Bertz CT molecular complexity index is 620. The van der Waals surface area contributed by atoms with Gasteiger partial charge in [-0.25, -0.2) is 9.97 Å². The van der Waals surface area contributed by atoms with Crippen molar-refractivity contribution in [3.8, 4) is 0 Å². The minimum Gasteiger partial charge on any atom is -0.381 e. The van der Waals surface area contributed by atoms with E-state index in [1.807, 2.05) is 6.92 Å². The normalized spacial score (nSPS) is 16.6. The second-order valence-corrected chi connectivity index (χ2v) is 5.58. The first-order valence-corrected chi connectivity index (χ1v) is 7.21. The van der Waals surface area contributed by atoms with Gasteiger partial charge in [-0.15, -0.1) is 0 Å². The first-order valence-electron chi connectivity index (χ1n) is 7.21. The molecule has 0 radical (unpaired) electrons. The predicted octanol–water partition coefficient (Wildman–Crippen LogP) is 2.86. The summed E-state index contributed by atoms with van der Waals surface area (Å²) >= 11 is 0. The summed E-state index contributed by atoms with van der Waals surface area (Å²) < 4.78 is 5.43. The van der Waals surface area contributed by atoms with Gasteiger partial charge in [0.25, 0.3) is 0 Å². The van der Waals surface area contributed by atoms with Crippen molar-refractivity contribution in [2.24, 2.45) is 0 Å². The highest BCUT2D eigenvalue weighted by atomic mass is 16.5. The Morgan fingerprint density at radius 3 is 2.65 bits per heavy atom. The second kappa shape index (κ2) is 5.37. The number of hydrogen-bond acceptors (Lipinski definition) is 4. The number of ether oxygens (including phenoxy) is 1. The average molecular weight is 271 g/mol. The van der Waals surface area contributed by atoms with Crippen molar-refractivity contribution in [3.63, 3.8) is 0 Å². The maximum absolute atomic E-state index is 5.43. The van der Waals surface area contributed by atoms with Gasteiger partial charge in [0, 0.05) is 37.4 Å². The second-order valence-electron chi connectivity index (χ2n) is 5.58. The molecule has 2 aromatic heterocycles. The van der Waals surface area contributed by atoms with Gasteiger partial charge in [-0.1, -0.05) is 0 Å². The molecule has 0 unspecified atom stereocenters. The van der Waals surface area contributed by atoms with E-state index >= 15 is 0 Å². The average Bonchev–Trinajstić information content (AvgIpc) is 2.46. The zero-order valence-electron chi connectivity index (χ0n) is 12.4. The van der Waals surface area contributed by atoms with Crippen molar-refractivity contribution in [3.05, 3.63) is 29.5 Å². The van der Waals surface area contributed by atoms with Crippen LogP contribution in [0.25, 0.3) is 11.0 Å². The number of rotatable bonds is 2. The number of hydrogen-bond donors (Lipinski definition) is 0. The van der Waals surface area contributed by atoms with Gasteiger partial charge in [0.05, 0.1) is 0 Å². The predicted molar refractivity (Wildman–Crippen MR) is 81.3 cm³/mol. The lowest BCUT2D eigenvalue weighted by Gasteiger charge is -2.32. The van der Waals surface area contributed by atoms with Gasteiger partial charge in [-0.05, 0) is 50.5 Å². The Balaban J connectivity index is 1.95. The lowest BCUT2D eigenvalue weighted by atomic mass is 10.1. The first kappa shape index (κ1) is 13.3. The SMILES string of the molecule is Cc1cc(C)c2ccc(N(C)C3CCOCC3)nc2n1. The molecule has 0 aliphatic carbocycles. The maximum Gasteiger partial charge on any atom is 0.162 e. The maximum atomic E-state index is 5.43. The smallest absolute Gasteiger partial charge is 0.162 e. The van der Waals surface area contributed by atoms with E-state index < -0.39 is 0 Å². The van der Waals surface area contributed by atoms with Crippen molar-refractivity contribution in [1.82, 2.24) is 9.97 Å². The highest BCUT2D eigenvalue weighted by molar-refractivity contribution is 5.80. The first-order chi connectivity index (χ1) is 9.65. The van der Waals surface area contributed by atoms with Crippen LogP contribution in [-0.4, -0.2) is 36.3 Å². The Morgan fingerprint density at radius 1 is 1.15 bits per heavy atom. The summed E-state index contributed by atoms with van der Waals surface area (Å²) in [5.41, 5.74) is 3.10. The number of anilines is 1. The Hall–Kier alpha value is -1.68. The molecule has 0 amide bonds. The van der Waals surface area contributed by atoms with Crippen LogP contribution in [0.2, 0.25) is 0 Å². The number of aryl methyl sites for hydroxylation is 2. The van der Waals surface area contributed by atoms with Gasteiger partial charge in [0.15, 0.2) is 5.65 Å². The summed E-state index contributed by atoms with van der Waals surface area (Å²) in [7, 11) is 2.12. The molecular formula is C16H21N3O. The van der Waals surface area contributed by atoms with Crippen molar-refractivity contribution in [2.75, 3.05) is 25.2 Å². The molecule has 0 saturated carbocycles. The minimum atomic E-state index is 0.514. The van der Waals surface area contributed by atoms with E-state index in [-0.39, 0.29) is 0 Å². The molecule has 1 aliphatic rings. The molecule has 0 aromatic carbocycles. The van der Waals surface area contributed by atoms with Crippen molar-refractivity contribution < 1.29 is 4.74 Å². The topological polar surface area (TPSA) is 38.2 Å². The summed E-state index contributed by atoms with van der Waals surface area (Å²) in [5, 5.41) is 1.14. The molecule has 3 heterocycles. The minimum absolute atomic E-state index is 0.514. The molecule has 4 nitrogen and oxygen atoms in total. The van der Waals surface area contributed by atoms with Gasteiger partial charge < -0.3 is 9.64 Å². The van der Waals surface area contributed by atoms with E-state index in [0.717, 1.165) is 48.6 Å². The van der Waals surface area contributed by atoms with E-state index in [4.69, 9.17) is 9.72 Å². The molecule has 1 aliphatic heterocycles. The molecule has 0 N–H and O–H groups in total. The van der Waals surface area contributed by atoms with Crippen LogP contribution in [0.4, 0.5) is 5.82 Å². The third-order valence-electron chi connectivity index (χ3n) is 4.09. The van der Waals surface area contributed by atoms with Gasteiger partial charge in [-0.2, -0.15) is 0 Å². The monoisotopic (exact) mass is 271 g/mol. The van der Waals surface area contributed by atoms with E-state index in [1.165, 1.54) is 5.56 Å². The van der Waals surface area contributed by atoms with Gasteiger partial charge >= 0.3 is 0 Å². The zero-order valence-corrected chi connectivity index (χ0v) is 12.4. The number of nitrogens with zero attached hydrogens (tertiary/aromatic N) is 3. The summed E-state index contributed by atoms with van der Waals surface area (Å²) in [6.45, 7) is 5.82. The zero-order chi connectivity index (χ0) is 14.1. The Kier molecular flexibility index (Phi) is 3.57. The Labute approximate surface area is 119 Å². The molecule has 0 bridgehead atoms. The van der Waals surface area contributed by atoms with E-state index in [2.05, 4.69) is 42.1 Å². The van der Waals surface area contributed by atoms with E-state index in [1.54, 1.807) is 0 Å². The van der Waals surface area contributed by atoms with Crippen LogP contribution < -0.4 is 4.90 Å². The largest absolute Gasteiger partial charge is 0.381 e. The van der Waals surface area contributed by atoms with Crippen molar-refractivity contribution in [1.29, 1.82) is 0 Å². The summed E-state index contributed by atoms with van der Waals surface area (Å²) in [6, 6.07) is 6.85. The van der Waals surface area contributed by atoms with Crippen LogP contribution in [-0.2, 0) is 4.74 Å². The highest BCUT2D eigenvalue weighted by Gasteiger charge is 2.19. The number of pyridine rings is 2. The molecular weight excluding hydrogens is 250 g/mol. The summed E-state index contributed by atoms with van der Waals surface area (Å²) in [5.74, 6) is 1.00. The van der Waals surface area contributed by atoms with E-state index in [0.29, 0.717) is 6.04 Å². The third kappa shape index (κ3) is 2.48. The molecule has 4 heteroatoms. The fraction of sp³-hybridized carbons (Fsp3) is 0.500. The van der Waals surface area contributed by atoms with Crippen molar-refractivity contribution >= 4 is 16.9 Å². The molecule has 3 rings (SSSR count). The molecule has 106 valence electrons. The lowest BCUT2D eigenvalue weighted by Crippen LogP contribution is -2.37. The quantitative estimate of drug-likeness (QED) is 0.842. The van der Waals surface area contributed by atoms with Crippen LogP contribution in [0.5, 0.6) is 0 Å². The van der Waals surface area contributed by atoms with Crippen molar-refractivity contribution in [2.45, 2.75) is 32.7 Å². The fourth-order valence-electron chi connectivity index (χ4n) is 2.88. The lowest BCUT2D eigenvalue weighted by molar-refractivity contribution is 0.0854. The molecule has 0 atom stereocenters. The van der Waals surface area contributed by atoms with Crippen LogP contribution in [0.15, 0.2) is 18.2 Å². The van der Waals surface area contributed by atoms with Crippen LogP contribution >= 0.6 is 0 Å². The van der Waals surface area contributed by atoms with Crippen LogP contribution in [0, 0.1) is 13.8 Å². The standard InChI is InChI=1S/C16H21N3O/c1-11-10-12(2)17-16-14(11)4-5-15(18-16)19(3)13-6-8-20-9-7-13/h4-5,10,13H,6-9H2,1-3H3.